The van der Waals surface area contributed by atoms with Gasteiger partial charge in [0.25, 0.3) is 0 Å². The summed E-state index contributed by atoms with van der Waals surface area (Å²) in [6.45, 7) is 3.08. The van der Waals surface area contributed by atoms with Gasteiger partial charge in [0.1, 0.15) is 23.9 Å². The van der Waals surface area contributed by atoms with Crippen molar-refractivity contribution in [1.29, 1.82) is 0 Å². The van der Waals surface area contributed by atoms with Crippen LogP contribution < -0.4 is 23.7 Å². The summed E-state index contributed by atoms with van der Waals surface area (Å²) >= 11 is 3.53. The number of fused-ring (bicyclic) bond motifs is 3. The molecule has 0 fully saturated rings. The number of carbonyl (C=O) groups is 1. The molecule has 3 aliphatic rings. The molecule has 0 spiro atoms. The second-order valence-corrected chi connectivity index (χ2v) is 9.03. The van der Waals surface area contributed by atoms with Crippen LogP contribution in [0, 0.1) is 6.92 Å². The van der Waals surface area contributed by atoms with Crippen molar-refractivity contribution in [2.75, 3.05) is 13.6 Å². The summed E-state index contributed by atoms with van der Waals surface area (Å²) in [4.78, 5) is 13.0. The van der Waals surface area contributed by atoms with Crippen molar-refractivity contribution in [2.45, 2.75) is 20.1 Å². The van der Waals surface area contributed by atoms with Gasteiger partial charge in [0.2, 0.25) is 12.6 Å². The number of hydrogen-bond acceptors (Lipinski definition) is 7. The van der Waals surface area contributed by atoms with E-state index in [9.17, 15) is 4.79 Å². The largest absolute Gasteiger partial charge is 0.489 e. The first-order valence-electron chi connectivity index (χ1n) is 10.7. The Balaban J connectivity index is 1.24. The number of carbonyl (C=O) groups excluding carboxylic acids is 1. The standard InChI is InChI=1S/C26H19BrO7/c1-14-4-19(30-11-17-8-18(27)7-16-10-29-12-33-26(16)17)9-22-24(14)25(28)23(34-22)6-15-2-3-20-21(5-15)32-13-31-20/h2-9H,10-13H2,1H3/b23-6-. The third-order valence-corrected chi connectivity index (χ3v) is 6.24. The molecule has 0 N–H and O–H groups in total. The van der Waals surface area contributed by atoms with Crippen LogP contribution in [0.2, 0.25) is 0 Å². The summed E-state index contributed by atoms with van der Waals surface area (Å²) in [7, 11) is 0. The van der Waals surface area contributed by atoms with Gasteiger partial charge in [0, 0.05) is 21.7 Å². The van der Waals surface area contributed by atoms with Gasteiger partial charge in [-0.05, 0) is 54.5 Å². The SMILES string of the molecule is Cc1cc(OCc2cc(Br)cc3c2OCOC3)cc2c1C(=O)/C(=C/c1ccc3c(c1)OCO3)O2. The van der Waals surface area contributed by atoms with E-state index in [0.717, 1.165) is 32.5 Å². The van der Waals surface area contributed by atoms with Crippen LogP contribution in [0.1, 0.15) is 32.6 Å². The number of ketones is 1. The zero-order valence-corrected chi connectivity index (χ0v) is 19.8. The maximum Gasteiger partial charge on any atom is 0.232 e. The highest BCUT2D eigenvalue weighted by molar-refractivity contribution is 9.10. The first-order valence-corrected chi connectivity index (χ1v) is 11.5. The number of aryl methyl sites for hydroxylation is 1. The first-order chi connectivity index (χ1) is 16.5. The van der Waals surface area contributed by atoms with Crippen molar-refractivity contribution in [3.8, 4) is 28.7 Å². The number of Topliss-reactive ketones (excluding diaryl/α,β-unsaturated/α-hetero) is 1. The Bertz CT molecular complexity index is 1360. The average Bonchev–Trinajstić information content (AvgIpc) is 3.41. The molecule has 3 aromatic carbocycles. The van der Waals surface area contributed by atoms with Crippen LogP contribution in [0.5, 0.6) is 28.7 Å². The van der Waals surface area contributed by atoms with E-state index in [1.165, 1.54) is 0 Å². The average molecular weight is 523 g/mol. The molecule has 0 saturated carbocycles. The molecule has 6 rings (SSSR count). The topological polar surface area (TPSA) is 72.5 Å². The molecule has 34 heavy (non-hydrogen) atoms. The molecule has 0 atom stereocenters. The normalized spacial score (nSPS) is 16.6. The summed E-state index contributed by atoms with van der Waals surface area (Å²) in [5.74, 6) is 3.30. The number of hydrogen-bond donors (Lipinski definition) is 0. The third-order valence-electron chi connectivity index (χ3n) is 5.78. The Labute approximate surface area is 203 Å². The van der Waals surface area contributed by atoms with Crippen molar-refractivity contribution in [1.82, 2.24) is 0 Å². The highest BCUT2D eigenvalue weighted by Crippen LogP contribution is 2.39. The monoisotopic (exact) mass is 522 g/mol. The fraction of sp³-hybridized carbons (Fsp3) is 0.192. The zero-order chi connectivity index (χ0) is 23.2. The molecule has 0 aromatic heterocycles. The van der Waals surface area contributed by atoms with Gasteiger partial charge >= 0.3 is 0 Å². The van der Waals surface area contributed by atoms with E-state index in [-0.39, 0.29) is 25.1 Å². The molecule has 7 nitrogen and oxygen atoms in total. The van der Waals surface area contributed by atoms with Crippen molar-refractivity contribution in [2.24, 2.45) is 0 Å². The predicted octanol–water partition coefficient (Wildman–Crippen LogP) is 5.55. The minimum atomic E-state index is -0.161. The molecular formula is C26H19BrO7. The lowest BCUT2D eigenvalue weighted by atomic mass is 10.0. The lowest BCUT2D eigenvalue weighted by Crippen LogP contribution is -2.14. The molecule has 0 aliphatic carbocycles. The quantitative estimate of drug-likeness (QED) is 0.416. The smallest absolute Gasteiger partial charge is 0.232 e. The van der Waals surface area contributed by atoms with E-state index in [0.29, 0.717) is 41.8 Å². The molecular weight excluding hydrogens is 504 g/mol. The Morgan fingerprint density at radius 3 is 2.79 bits per heavy atom. The molecule has 3 aromatic rings. The molecule has 0 unspecified atom stereocenters. The van der Waals surface area contributed by atoms with E-state index in [1.807, 2.05) is 43.3 Å². The van der Waals surface area contributed by atoms with E-state index < -0.39 is 0 Å². The Morgan fingerprint density at radius 1 is 1.00 bits per heavy atom. The van der Waals surface area contributed by atoms with Crippen LogP contribution in [0.4, 0.5) is 0 Å². The van der Waals surface area contributed by atoms with Crippen LogP contribution in [0.15, 0.2) is 52.7 Å². The summed E-state index contributed by atoms with van der Waals surface area (Å²) in [5.41, 5.74) is 3.99. The van der Waals surface area contributed by atoms with Gasteiger partial charge in [-0.2, -0.15) is 0 Å². The number of ether oxygens (including phenoxy) is 6. The van der Waals surface area contributed by atoms with Gasteiger partial charge in [-0.1, -0.05) is 22.0 Å². The van der Waals surface area contributed by atoms with Gasteiger partial charge in [-0.3, -0.25) is 4.79 Å². The van der Waals surface area contributed by atoms with Crippen LogP contribution in [0.25, 0.3) is 6.08 Å². The molecule has 0 bridgehead atoms. The van der Waals surface area contributed by atoms with Gasteiger partial charge in [0.05, 0.1) is 12.2 Å². The molecule has 8 heteroatoms. The number of rotatable bonds is 4. The van der Waals surface area contributed by atoms with Crippen molar-refractivity contribution < 1.29 is 33.2 Å². The van der Waals surface area contributed by atoms with Crippen LogP contribution in [0.3, 0.4) is 0 Å². The fourth-order valence-corrected chi connectivity index (χ4v) is 4.79. The number of benzene rings is 3. The third kappa shape index (κ3) is 3.78. The van der Waals surface area contributed by atoms with Crippen LogP contribution >= 0.6 is 15.9 Å². The van der Waals surface area contributed by atoms with Crippen molar-refractivity contribution >= 4 is 27.8 Å². The Kier molecular flexibility index (Phi) is 5.19. The summed E-state index contributed by atoms with van der Waals surface area (Å²) in [6.07, 6.45) is 1.71. The Morgan fingerprint density at radius 2 is 1.88 bits per heavy atom. The molecule has 3 heterocycles. The second-order valence-electron chi connectivity index (χ2n) is 8.12. The van der Waals surface area contributed by atoms with Gasteiger partial charge < -0.3 is 28.4 Å². The van der Waals surface area contributed by atoms with Gasteiger partial charge in [-0.15, -0.1) is 0 Å². The fourth-order valence-electron chi connectivity index (χ4n) is 4.24. The van der Waals surface area contributed by atoms with E-state index in [1.54, 1.807) is 12.1 Å². The summed E-state index contributed by atoms with van der Waals surface area (Å²) in [5, 5.41) is 0. The minimum Gasteiger partial charge on any atom is -0.489 e. The van der Waals surface area contributed by atoms with E-state index in [4.69, 9.17) is 28.4 Å². The van der Waals surface area contributed by atoms with Gasteiger partial charge in [0.15, 0.2) is 24.1 Å². The Hall–Kier alpha value is -3.49. The number of halogens is 1. The van der Waals surface area contributed by atoms with Crippen molar-refractivity contribution in [3.63, 3.8) is 0 Å². The molecule has 3 aliphatic heterocycles. The zero-order valence-electron chi connectivity index (χ0n) is 18.2. The highest BCUT2D eigenvalue weighted by atomic mass is 79.9. The van der Waals surface area contributed by atoms with Gasteiger partial charge in [-0.25, -0.2) is 0 Å². The van der Waals surface area contributed by atoms with E-state index in [2.05, 4.69) is 15.9 Å². The molecule has 0 amide bonds. The molecule has 172 valence electrons. The second kappa shape index (κ2) is 8.38. The van der Waals surface area contributed by atoms with Crippen LogP contribution in [-0.4, -0.2) is 19.4 Å². The lowest BCUT2D eigenvalue weighted by molar-refractivity contribution is -0.0176. The highest BCUT2D eigenvalue weighted by Gasteiger charge is 2.30. The lowest BCUT2D eigenvalue weighted by Gasteiger charge is -2.21. The molecule has 0 radical (unpaired) electrons. The molecule has 0 saturated heterocycles. The van der Waals surface area contributed by atoms with Crippen molar-refractivity contribution in [3.05, 3.63) is 80.5 Å². The first kappa shape index (κ1) is 21.1. The minimum absolute atomic E-state index is 0.161. The number of allylic oxidation sites excluding steroid dienone is 1. The maximum atomic E-state index is 13.0. The van der Waals surface area contributed by atoms with Crippen LogP contribution in [-0.2, 0) is 18.0 Å². The maximum absolute atomic E-state index is 13.0. The predicted molar refractivity (Wildman–Crippen MR) is 125 cm³/mol. The summed E-state index contributed by atoms with van der Waals surface area (Å²) < 4.78 is 34.8. The van der Waals surface area contributed by atoms with E-state index >= 15 is 0 Å². The summed E-state index contributed by atoms with van der Waals surface area (Å²) in [6, 6.07) is 13.0.